The number of benzene rings is 2. The molecule has 1 spiro atoms. The Morgan fingerprint density at radius 1 is 0.906 bits per heavy atom. The summed E-state index contributed by atoms with van der Waals surface area (Å²) in [6.45, 7) is 11.8. The third-order valence-corrected chi connectivity index (χ3v) is 9.96. The molecular formula is C42H46O11. The van der Waals surface area contributed by atoms with Gasteiger partial charge in [-0.2, -0.15) is 0 Å². The first kappa shape index (κ1) is 36.5. The van der Waals surface area contributed by atoms with Gasteiger partial charge in [-0.05, 0) is 104 Å². The Bertz CT molecular complexity index is 2280. The molecule has 1 saturated heterocycles. The van der Waals surface area contributed by atoms with Gasteiger partial charge in [0.2, 0.25) is 0 Å². The molecule has 0 unspecified atom stereocenters. The number of aliphatic hydroxyl groups is 2. The summed E-state index contributed by atoms with van der Waals surface area (Å²) >= 11 is 0. The number of hydrogen-bond acceptors (Lipinski definition) is 11. The Morgan fingerprint density at radius 2 is 1.55 bits per heavy atom. The van der Waals surface area contributed by atoms with E-state index < -0.39 is 28.9 Å². The van der Waals surface area contributed by atoms with Crippen molar-refractivity contribution in [2.75, 3.05) is 13.2 Å². The number of fused-ring (bicyclic) bond motifs is 4. The van der Waals surface area contributed by atoms with Crippen LogP contribution >= 0.6 is 0 Å². The van der Waals surface area contributed by atoms with Crippen LogP contribution in [0.5, 0.6) is 17.2 Å². The maximum atomic E-state index is 11.8. The van der Waals surface area contributed by atoms with Crippen molar-refractivity contribution in [2.24, 2.45) is 0 Å². The van der Waals surface area contributed by atoms with Gasteiger partial charge in [0.15, 0.2) is 0 Å². The quantitative estimate of drug-likeness (QED) is 0.0890. The fourth-order valence-electron chi connectivity index (χ4n) is 6.75. The summed E-state index contributed by atoms with van der Waals surface area (Å²) in [6.07, 6.45) is 12.3. The topological polar surface area (TPSA) is 143 Å². The molecule has 0 radical (unpaired) electrons. The molecule has 2 aromatic carbocycles. The Morgan fingerprint density at radius 3 is 2.26 bits per heavy atom. The van der Waals surface area contributed by atoms with Gasteiger partial charge >= 0.3 is 11.6 Å². The third kappa shape index (κ3) is 7.66. The molecule has 53 heavy (non-hydrogen) atoms. The minimum absolute atomic E-state index is 0.282. The van der Waals surface area contributed by atoms with E-state index in [4.69, 9.17) is 36.9 Å². The van der Waals surface area contributed by atoms with Gasteiger partial charge in [-0.25, -0.2) is 4.79 Å². The van der Waals surface area contributed by atoms with Gasteiger partial charge in [0, 0.05) is 24.3 Å². The maximum Gasteiger partial charge on any atom is 0.350 e. The Balaban J connectivity index is 1.000. The molecule has 11 nitrogen and oxygen atoms in total. The van der Waals surface area contributed by atoms with Gasteiger partial charge < -0.3 is 47.1 Å². The fourth-order valence-corrected chi connectivity index (χ4v) is 6.75. The first-order valence-electron chi connectivity index (χ1n) is 17.9. The van der Waals surface area contributed by atoms with Crippen molar-refractivity contribution < 1.29 is 47.1 Å². The molecule has 11 heteroatoms. The van der Waals surface area contributed by atoms with E-state index in [2.05, 4.69) is 6.92 Å². The van der Waals surface area contributed by atoms with Crippen LogP contribution in [0.4, 0.5) is 0 Å². The maximum absolute atomic E-state index is 11.8. The van der Waals surface area contributed by atoms with E-state index >= 15 is 0 Å². The summed E-state index contributed by atoms with van der Waals surface area (Å²) in [5.74, 6) is 0.318. The van der Waals surface area contributed by atoms with E-state index in [-0.39, 0.29) is 6.10 Å². The second kappa shape index (κ2) is 14.2. The first-order valence-corrected chi connectivity index (χ1v) is 17.9. The molecule has 0 bridgehead atoms. The van der Waals surface area contributed by atoms with Gasteiger partial charge in [-0.3, -0.25) is 0 Å². The molecule has 5 heterocycles. The SMILES string of the molecule is C/C(=C\COc1c2c(cc3occc13)O[C@@]1(C=C2)O[C@H](CC/C(C)=C/COc2c3ccoc3cc3oc(=O)ccc23)C(C)(C)O1)CC[C@@H](O)C(C)(C)O. The summed E-state index contributed by atoms with van der Waals surface area (Å²) < 4.78 is 48.7. The zero-order valence-electron chi connectivity index (χ0n) is 30.9. The van der Waals surface area contributed by atoms with Crippen LogP contribution in [-0.4, -0.2) is 52.8 Å². The van der Waals surface area contributed by atoms with Crippen LogP contribution in [0.2, 0.25) is 0 Å². The number of allylic oxidation sites excluding steroid dienone is 2. The van der Waals surface area contributed by atoms with E-state index in [1.165, 1.54) is 6.07 Å². The smallest absolute Gasteiger partial charge is 0.350 e. The summed E-state index contributed by atoms with van der Waals surface area (Å²) in [5, 5.41) is 22.6. The van der Waals surface area contributed by atoms with E-state index in [0.717, 1.165) is 33.9 Å². The molecule has 2 aliphatic rings. The molecule has 0 amide bonds. The summed E-state index contributed by atoms with van der Waals surface area (Å²) in [6, 6.07) is 10.3. The lowest BCUT2D eigenvalue weighted by Crippen LogP contribution is -2.38. The Kier molecular flexibility index (Phi) is 9.79. The lowest BCUT2D eigenvalue weighted by atomic mass is 9.96. The molecule has 2 N–H and O–H groups in total. The van der Waals surface area contributed by atoms with Gasteiger partial charge in [-0.15, -0.1) is 0 Å². The van der Waals surface area contributed by atoms with Crippen LogP contribution in [0.25, 0.3) is 39.0 Å². The second-order valence-electron chi connectivity index (χ2n) is 15.0. The number of rotatable bonds is 13. The number of furan rings is 2. The van der Waals surface area contributed by atoms with Crippen molar-refractivity contribution in [1.82, 2.24) is 0 Å². The minimum atomic E-state index is -1.42. The van der Waals surface area contributed by atoms with Crippen LogP contribution in [0.3, 0.4) is 0 Å². The predicted molar refractivity (Wildman–Crippen MR) is 200 cm³/mol. The third-order valence-electron chi connectivity index (χ3n) is 9.96. The predicted octanol–water partition coefficient (Wildman–Crippen LogP) is 8.58. The molecule has 0 aliphatic carbocycles. The highest BCUT2D eigenvalue weighted by atomic mass is 16.9. The van der Waals surface area contributed by atoms with Gasteiger partial charge in [0.05, 0.1) is 57.7 Å². The van der Waals surface area contributed by atoms with Crippen molar-refractivity contribution in [3.05, 3.63) is 94.3 Å². The highest BCUT2D eigenvalue weighted by molar-refractivity contribution is 6.01. The average Bonchev–Trinajstić information content (AvgIpc) is 3.82. The lowest BCUT2D eigenvalue weighted by Gasteiger charge is -2.30. The van der Waals surface area contributed by atoms with Crippen LogP contribution in [0, 0.1) is 0 Å². The largest absolute Gasteiger partial charge is 0.488 e. The fraction of sp³-hybridized carbons (Fsp3) is 0.405. The zero-order chi connectivity index (χ0) is 37.5. The van der Waals surface area contributed by atoms with E-state index in [1.54, 1.807) is 44.6 Å². The van der Waals surface area contributed by atoms with Gasteiger partial charge in [0.25, 0.3) is 0 Å². The molecule has 1 fully saturated rings. The highest BCUT2D eigenvalue weighted by Gasteiger charge is 2.54. The van der Waals surface area contributed by atoms with Crippen LogP contribution < -0.4 is 19.8 Å². The van der Waals surface area contributed by atoms with E-state index in [9.17, 15) is 15.0 Å². The van der Waals surface area contributed by atoms with Crippen molar-refractivity contribution in [3.63, 3.8) is 0 Å². The standard InChI is InChI=1S/C42H46O11/c1-25(7-10-35(43)40(3,4)45)14-19-49-39-28-13-18-42(51-34(28)24-32-30(39)17-22-47-32)52-36(41(5,6)53-42)11-8-26(2)15-20-48-38-27-9-12-37(44)50-33(27)23-31-29(38)16-21-46-31/h9,12-18,21-24,35-36,43,45H,7-8,10-11,19-20H2,1-6H3/b25-14+,26-15+/t35-,36-,42+/m1/s1. The minimum Gasteiger partial charge on any atom is -0.488 e. The zero-order valence-corrected chi connectivity index (χ0v) is 30.9. The van der Waals surface area contributed by atoms with Crippen LogP contribution in [0.1, 0.15) is 72.8 Å². The van der Waals surface area contributed by atoms with Gasteiger partial charge in [-0.1, -0.05) is 11.1 Å². The summed E-state index contributed by atoms with van der Waals surface area (Å²) in [5.41, 5.74) is 2.26. The molecule has 0 saturated carbocycles. The summed E-state index contributed by atoms with van der Waals surface area (Å²) in [4.78, 5) is 11.8. The molecule has 5 aromatic rings. The summed E-state index contributed by atoms with van der Waals surface area (Å²) in [7, 11) is 0. The Hall–Kier alpha value is -4.81. The number of aliphatic hydroxyl groups excluding tert-OH is 1. The van der Waals surface area contributed by atoms with Crippen molar-refractivity contribution in [2.45, 2.75) is 96.6 Å². The average molecular weight is 727 g/mol. The monoisotopic (exact) mass is 726 g/mol. The van der Waals surface area contributed by atoms with E-state index in [1.807, 2.05) is 57.2 Å². The molecule has 2 aliphatic heterocycles. The molecule has 3 atom stereocenters. The normalized spacial score (nSPS) is 20.7. The van der Waals surface area contributed by atoms with Crippen molar-refractivity contribution in [3.8, 4) is 17.2 Å². The van der Waals surface area contributed by atoms with E-state index in [0.29, 0.717) is 71.9 Å². The molecule has 7 rings (SSSR count). The van der Waals surface area contributed by atoms with Crippen LogP contribution in [0.15, 0.2) is 96.3 Å². The highest BCUT2D eigenvalue weighted by Crippen LogP contribution is 2.48. The first-order chi connectivity index (χ1) is 25.2. The van der Waals surface area contributed by atoms with Gasteiger partial charge in [0.1, 0.15) is 47.2 Å². The molecule has 280 valence electrons. The second-order valence-corrected chi connectivity index (χ2v) is 15.0. The molecule has 3 aromatic heterocycles. The molecular weight excluding hydrogens is 680 g/mol. The van der Waals surface area contributed by atoms with Crippen molar-refractivity contribution >= 4 is 39.0 Å². The van der Waals surface area contributed by atoms with Crippen molar-refractivity contribution in [1.29, 1.82) is 0 Å². The van der Waals surface area contributed by atoms with Crippen LogP contribution in [-0.2, 0) is 9.47 Å². The number of ether oxygens (including phenoxy) is 5. The Labute approximate surface area is 307 Å². The number of hydrogen-bond donors (Lipinski definition) is 2. The lowest BCUT2D eigenvalue weighted by molar-refractivity contribution is -0.270.